The molecule has 28 heavy (non-hydrogen) atoms. The first-order chi connectivity index (χ1) is 13.7. The Bertz CT molecular complexity index is 611. The third-order valence-electron chi connectivity index (χ3n) is 6.99. The molecule has 1 nitrogen and oxygen atoms in total. The van der Waals surface area contributed by atoms with Crippen LogP contribution in [-0.2, 0) is 0 Å². The molecule has 1 aromatic carbocycles. The summed E-state index contributed by atoms with van der Waals surface area (Å²) in [6.45, 7) is 2.71. The zero-order valence-corrected chi connectivity index (χ0v) is 17.3. The minimum Gasteiger partial charge on any atom is -0.489 e. The molecule has 3 heteroatoms. The zero-order valence-electron chi connectivity index (χ0n) is 17.3. The number of rotatable bonds is 8. The smallest absolute Gasteiger partial charge is 0.162 e. The molecule has 0 aliphatic heterocycles. The maximum atomic E-state index is 13.2. The number of hydrogen-bond acceptors (Lipinski definition) is 1. The van der Waals surface area contributed by atoms with Gasteiger partial charge in [0.2, 0.25) is 0 Å². The molecule has 0 saturated heterocycles. The third-order valence-corrected chi connectivity index (χ3v) is 6.99. The molecule has 0 aromatic heterocycles. The first kappa shape index (κ1) is 21.3. The molecule has 2 aliphatic carbocycles. The summed E-state index contributed by atoms with van der Waals surface area (Å²) in [6, 6.07) is 3.67. The lowest BCUT2D eigenvalue weighted by molar-refractivity contribution is 0.151. The summed E-state index contributed by atoms with van der Waals surface area (Å²) in [7, 11) is 0. The molecule has 0 spiro atoms. The molecule has 1 aromatic rings. The molecule has 3 rings (SSSR count). The molecule has 2 aliphatic rings. The fourth-order valence-electron chi connectivity index (χ4n) is 5.21. The quantitative estimate of drug-likeness (QED) is 0.413. The number of hydrogen-bond donors (Lipinski definition) is 0. The average Bonchev–Trinajstić information content (AvgIpc) is 2.73. The monoisotopic (exact) mass is 390 g/mol. The second kappa shape index (κ2) is 11.0. The third kappa shape index (κ3) is 6.32. The summed E-state index contributed by atoms with van der Waals surface area (Å²) in [6.07, 6.45) is 19.6. The molecule has 0 heterocycles. The Morgan fingerprint density at radius 2 is 1.61 bits per heavy atom. The van der Waals surface area contributed by atoms with E-state index in [1.54, 1.807) is 0 Å². The van der Waals surface area contributed by atoms with Gasteiger partial charge in [-0.1, -0.05) is 51.2 Å². The van der Waals surface area contributed by atoms with Crippen molar-refractivity contribution in [2.45, 2.75) is 77.6 Å². The lowest BCUT2D eigenvalue weighted by atomic mass is 9.68. The highest BCUT2D eigenvalue weighted by Gasteiger charge is 2.30. The fourth-order valence-corrected chi connectivity index (χ4v) is 5.21. The van der Waals surface area contributed by atoms with Gasteiger partial charge in [-0.3, -0.25) is 0 Å². The van der Waals surface area contributed by atoms with E-state index in [-0.39, 0.29) is 0 Å². The highest BCUT2D eigenvalue weighted by Crippen LogP contribution is 2.42. The Balaban J connectivity index is 1.33. The van der Waals surface area contributed by atoms with Gasteiger partial charge in [-0.05, 0) is 74.3 Å². The Morgan fingerprint density at radius 3 is 2.25 bits per heavy atom. The maximum Gasteiger partial charge on any atom is 0.162 e. The topological polar surface area (TPSA) is 9.23 Å². The molecule has 2 saturated carbocycles. The van der Waals surface area contributed by atoms with E-state index in [4.69, 9.17) is 4.74 Å². The molecule has 0 unspecified atom stereocenters. The Morgan fingerprint density at radius 1 is 0.929 bits per heavy atom. The van der Waals surface area contributed by atoms with Crippen LogP contribution < -0.4 is 4.74 Å². The largest absolute Gasteiger partial charge is 0.489 e. The predicted octanol–water partition coefficient (Wildman–Crippen LogP) is 7.70. The molecule has 2 fully saturated rings. The summed E-state index contributed by atoms with van der Waals surface area (Å²) in [4.78, 5) is 0. The van der Waals surface area contributed by atoms with Crippen molar-refractivity contribution in [3.63, 3.8) is 0 Å². The Labute approximate surface area is 169 Å². The zero-order chi connectivity index (χ0) is 19.8. The number of ether oxygens (including phenoxy) is 1. The minimum atomic E-state index is -0.862. The summed E-state index contributed by atoms with van der Waals surface area (Å²) in [5, 5.41) is 0. The van der Waals surface area contributed by atoms with Crippen molar-refractivity contribution in [1.29, 1.82) is 0 Å². The molecule has 0 radical (unpaired) electrons. The van der Waals surface area contributed by atoms with Crippen molar-refractivity contribution in [1.82, 2.24) is 0 Å². The van der Waals surface area contributed by atoms with Crippen molar-refractivity contribution in [2.24, 2.45) is 23.7 Å². The van der Waals surface area contributed by atoms with Gasteiger partial charge in [-0.15, -0.1) is 0 Å². The van der Waals surface area contributed by atoms with Gasteiger partial charge >= 0.3 is 0 Å². The molecule has 0 amide bonds. The first-order valence-electron chi connectivity index (χ1n) is 11.4. The van der Waals surface area contributed by atoms with Crippen LogP contribution in [-0.4, -0.2) is 6.61 Å². The van der Waals surface area contributed by atoms with Crippen molar-refractivity contribution < 1.29 is 13.5 Å². The standard InChI is InChI=1S/C25H36F2O/c1-2-3-5-19-7-11-21(12-8-19)22-13-9-20(10-14-22)6-4-17-28-23-15-16-24(26)25(27)18-23/h4,6,15-16,18-22H,2-3,5,7-14,17H2,1H3/b6-4+. The molecular formula is C25H36F2O. The van der Waals surface area contributed by atoms with Crippen LogP contribution in [0.4, 0.5) is 8.78 Å². The second-order valence-corrected chi connectivity index (χ2v) is 8.91. The van der Waals surface area contributed by atoms with Gasteiger partial charge in [-0.2, -0.15) is 0 Å². The van der Waals surface area contributed by atoms with E-state index in [9.17, 15) is 8.78 Å². The molecule has 0 atom stereocenters. The fraction of sp³-hybridized carbons (Fsp3) is 0.680. The van der Waals surface area contributed by atoms with E-state index < -0.39 is 11.6 Å². The van der Waals surface area contributed by atoms with Crippen LogP contribution in [0.15, 0.2) is 30.4 Å². The Kier molecular flexibility index (Phi) is 8.36. The maximum absolute atomic E-state index is 13.2. The van der Waals surface area contributed by atoms with Gasteiger partial charge in [0.15, 0.2) is 11.6 Å². The van der Waals surface area contributed by atoms with E-state index in [1.165, 1.54) is 76.7 Å². The van der Waals surface area contributed by atoms with Gasteiger partial charge < -0.3 is 4.74 Å². The van der Waals surface area contributed by atoms with Crippen LogP contribution in [0.2, 0.25) is 0 Å². The van der Waals surface area contributed by atoms with Crippen molar-refractivity contribution in [3.8, 4) is 5.75 Å². The first-order valence-corrected chi connectivity index (χ1v) is 11.4. The number of allylic oxidation sites excluding steroid dienone is 1. The van der Waals surface area contributed by atoms with Crippen LogP contribution in [0.3, 0.4) is 0 Å². The minimum absolute atomic E-state index is 0.377. The van der Waals surface area contributed by atoms with Crippen molar-refractivity contribution >= 4 is 0 Å². The van der Waals surface area contributed by atoms with Gasteiger partial charge in [0.25, 0.3) is 0 Å². The molecular weight excluding hydrogens is 354 g/mol. The van der Waals surface area contributed by atoms with E-state index >= 15 is 0 Å². The average molecular weight is 391 g/mol. The number of unbranched alkanes of at least 4 members (excludes halogenated alkanes) is 1. The highest BCUT2D eigenvalue weighted by molar-refractivity contribution is 5.23. The molecule has 156 valence electrons. The molecule has 0 bridgehead atoms. The van der Waals surface area contributed by atoms with E-state index in [0.29, 0.717) is 18.3 Å². The summed E-state index contributed by atoms with van der Waals surface area (Å²) in [5.74, 6) is 2.24. The van der Waals surface area contributed by atoms with E-state index in [2.05, 4.69) is 13.0 Å². The van der Waals surface area contributed by atoms with Crippen LogP contribution in [0.1, 0.15) is 77.6 Å². The lowest BCUT2D eigenvalue weighted by Gasteiger charge is -2.37. The van der Waals surface area contributed by atoms with Crippen LogP contribution in [0.25, 0.3) is 0 Å². The normalized spacial score (nSPS) is 28.5. The SMILES string of the molecule is CCCCC1CCC(C2CCC(/C=C/COc3ccc(F)c(F)c3)CC2)CC1. The molecule has 0 N–H and O–H groups in total. The number of halogens is 2. The van der Waals surface area contributed by atoms with Gasteiger partial charge in [0.1, 0.15) is 12.4 Å². The van der Waals surface area contributed by atoms with E-state index in [0.717, 1.165) is 29.9 Å². The highest BCUT2D eigenvalue weighted by atomic mass is 19.2. The number of benzene rings is 1. The van der Waals surface area contributed by atoms with Crippen LogP contribution >= 0.6 is 0 Å². The van der Waals surface area contributed by atoms with E-state index in [1.807, 2.05) is 6.08 Å². The van der Waals surface area contributed by atoms with Gasteiger partial charge in [0, 0.05) is 6.07 Å². The second-order valence-electron chi connectivity index (χ2n) is 8.91. The van der Waals surface area contributed by atoms with Crippen LogP contribution in [0, 0.1) is 35.3 Å². The summed E-state index contributed by atoms with van der Waals surface area (Å²) >= 11 is 0. The predicted molar refractivity (Wildman–Crippen MR) is 111 cm³/mol. The lowest BCUT2D eigenvalue weighted by Crippen LogP contribution is -2.25. The van der Waals surface area contributed by atoms with Gasteiger partial charge in [-0.25, -0.2) is 8.78 Å². The summed E-state index contributed by atoms with van der Waals surface area (Å²) < 4.78 is 31.6. The Hall–Kier alpha value is -1.38. The van der Waals surface area contributed by atoms with Crippen LogP contribution in [0.5, 0.6) is 5.75 Å². The van der Waals surface area contributed by atoms with Crippen molar-refractivity contribution in [2.75, 3.05) is 6.61 Å². The van der Waals surface area contributed by atoms with Gasteiger partial charge in [0.05, 0.1) is 0 Å². The van der Waals surface area contributed by atoms with Crippen molar-refractivity contribution in [3.05, 3.63) is 42.0 Å². The summed E-state index contributed by atoms with van der Waals surface area (Å²) in [5.41, 5.74) is 0.